The summed E-state index contributed by atoms with van der Waals surface area (Å²) in [5.74, 6) is 0. The highest BCUT2D eigenvalue weighted by molar-refractivity contribution is 5.17. The summed E-state index contributed by atoms with van der Waals surface area (Å²) >= 11 is 0. The van der Waals surface area contributed by atoms with Crippen molar-refractivity contribution in [2.45, 2.75) is 44.8 Å². The second-order valence-corrected chi connectivity index (χ2v) is 6.62. The Labute approximate surface area is 140 Å². The van der Waals surface area contributed by atoms with Gasteiger partial charge in [0.15, 0.2) is 0 Å². The highest BCUT2D eigenvalue weighted by Crippen LogP contribution is 2.14. The van der Waals surface area contributed by atoms with Crippen molar-refractivity contribution in [3.05, 3.63) is 71.8 Å². The molecule has 2 nitrogen and oxygen atoms in total. The van der Waals surface area contributed by atoms with Crippen LogP contribution in [0.25, 0.3) is 0 Å². The summed E-state index contributed by atoms with van der Waals surface area (Å²) in [6.07, 6.45) is 5.31. The van der Waals surface area contributed by atoms with Crippen molar-refractivity contribution in [3.63, 3.8) is 0 Å². The smallest absolute Gasteiger partial charge is 0.0237 e. The van der Waals surface area contributed by atoms with Crippen molar-refractivity contribution in [1.29, 1.82) is 0 Å². The topological polar surface area (TPSA) is 15.3 Å². The summed E-state index contributed by atoms with van der Waals surface area (Å²) in [5.41, 5.74) is 2.81. The van der Waals surface area contributed by atoms with Gasteiger partial charge >= 0.3 is 0 Å². The van der Waals surface area contributed by atoms with Crippen molar-refractivity contribution in [2.75, 3.05) is 13.1 Å². The fourth-order valence-electron chi connectivity index (χ4n) is 3.41. The minimum absolute atomic E-state index is 0.706. The Morgan fingerprint density at radius 3 is 1.96 bits per heavy atom. The van der Waals surface area contributed by atoms with Gasteiger partial charge in [0.1, 0.15) is 0 Å². The molecule has 3 rings (SSSR count). The first-order valence-electron chi connectivity index (χ1n) is 8.94. The van der Waals surface area contributed by atoms with Crippen LogP contribution in [0.3, 0.4) is 0 Å². The van der Waals surface area contributed by atoms with Crippen LogP contribution in [0.2, 0.25) is 0 Å². The van der Waals surface area contributed by atoms with E-state index in [0.717, 1.165) is 19.6 Å². The van der Waals surface area contributed by atoms with E-state index in [-0.39, 0.29) is 0 Å². The average molecular weight is 308 g/mol. The van der Waals surface area contributed by atoms with Crippen LogP contribution in [-0.4, -0.2) is 24.0 Å². The first-order valence-corrected chi connectivity index (χ1v) is 8.94. The summed E-state index contributed by atoms with van der Waals surface area (Å²) in [7, 11) is 0. The molecule has 1 aliphatic heterocycles. The lowest BCUT2D eigenvalue weighted by Crippen LogP contribution is -2.37. The Kier molecular flexibility index (Phi) is 6.25. The summed E-state index contributed by atoms with van der Waals surface area (Å²) in [6.45, 7) is 4.41. The third kappa shape index (κ3) is 5.49. The second-order valence-electron chi connectivity index (χ2n) is 6.62. The molecule has 1 aliphatic rings. The average Bonchev–Trinajstić information content (AvgIpc) is 2.62. The van der Waals surface area contributed by atoms with Gasteiger partial charge in [0.25, 0.3) is 0 Å². The van der Waals surface area contributed by atoms with Crippen molar-refractivity contribution in [1.82, 2.24) is 10.2 Å². The van der Waals surface area contributed by atoms with Gasteiger partial charge in [0, 0.05) is 25.7 Å². The number of nitrogens with one attached hydrogen (secondary N) is 1. The molecule has 0 bridgehead atoms. The van der Waals surface area contributed by atoms with Crippen LogP contribution >= 0.6 is 0 Å². The Bertz CT molecular complexity index is 505. The van der Waals surface area contributed by atoms with Crippen LogP contribution in [-0.2, 0) is 13.1 Å². The number of hydrogen-bond donors (Lipinski definition) is 1. The molecule has 0 saturated carbocycles. The molecule has 23 heavy (non-hydrogen) atoms. The van der Waals surface area contributed by atoms with Crippen LogP contribution in [0, 0.1) is 0 Å². The van der Waals surface area contributed by atoms with Gasteiger partial charge in [0.2, 0.25) is 0 Å². The van der Waals surface area contributed by atoms with Gasteiger partial charge < -0.3 is 5.32 Å². The number of hydrogen-bond acceptors (Lipinski definition) is 2. The maximum atomic E-state index is 3.68. The highest BCUT2D eigenvalue weighted by Gasteiger charge is 2.14. The van der Waals surface area contributed by atoms with Crippen LogP contribution < -0.4 is 5.32 Å². The van der Waals surface area contributed by atoms with E-state index < -0.39 is 0 Å². The third-order valence-electron chi connectivity index (χ3n) is 4.70. The first-order chi connectivity index (χ1) is 11.4. The zero-order chi connectivity index (χ0) is 15.7. The monoisotopic (exact) mass is 308 g/mol. The standard InChI is InChI=1S/C21H28N2/c1-3-9-19(10-4-1)17-23(18-20-11-5-2-6-12-20)16-14-21-13-7-8-15-22-21/h1-6,9-12,21-22H,7-8,13-18H2. The van der Waals surface area contributed by atoms with Gasteiger partial charge in [0.05, 0.1) is 0 Å². The minimum Gasteiger partial charge on any atom is -0.314 e. The Hall–Kier alpha value is -1.64. The van der Waals surface area contributed by atoms with E-state index in [0.29, 0.717) is 6.04 Å². The predicted octanol–water partition coefficient (Wildman–Crippen LogP) is 4.22. The van der Waals surface area contributed by atoms with E-state index in [2.05, 4.69) is 70.9 Å². The van der Waals surface area contributed by atoms with Gasteiger partial charge in [-0.05, 0) is 36.9 Å². The summed E-state index contributed by atoms with van der Waals surface area (Å²) in [5, 5.41) is 3.68. The third-order valence-corrected chi connectivity index (χ3v) is 4.70. The minimum atomic E-state index is 0.706. The SMILES string of the molecule is c1ccc(CN(CCC2CCCCN2)Cc2ccccc2)cc1. The van der Waals surface area contributed by atoms with E-state index in [4.69, 9.17) is 0 Å². The molecule has 0 spiro atoms. The quantitative estimate of drug-likeness (QED) is 0.824. The number of rotatable bonds is 7. The normalized spacial score (nSPS) is 18.2. The molecular weight excluding hydrogens is 280 g/mol. The van der Waals surface area contributed by atoms with E-state index >= 15 is 0 Å². The molecule has 1 atom stereocenters. The molecule has 2 heteroatoms. The molecule has 122 valence electrons. The molecule has 0 radical (unpaired) electrons. The molecule has 1 fully saturated rings. The van der Waals surface area contributed by atoms with E-state index in [1.807, 2.05) is 0 Å². The van der Waals surface area contributed by atoms with Gasteiger partial charge in [-0.25, -0.2) is 0 Å². The fourth-order valence-corrected chi connectivity index (χ4v) is 3.41. The maximum Gasteiger partial charge on any atom is 0.0237 e. The summed E-state index contributed by atoms with van der Waals surface area (Å²) < 4.78 is 0. The van der Waals surface area contributed by atoms with Crippen molar-refractivity contribution < 1.29 is 0 Å². The first kappa shape index (κ1) is 16.2. The Morgan fingerprint density at radius 1 is 0.826 bits per heavy atom. The lowest BCUT2D eigenvalue weighted by Gasteiger charge is -2.28. The van der Waals surface area contributed by atoms with Crippen LogP contribution in [0.4, 0.5) is 0 Å². The van der Waals surface area contributed by atoms with Gasteiger partial charge in [-0.15, -0.1) is 0 Å². The van der Waals surface area contributed by atoms with Crippen molar-refractivity contribution in [2.24, 2.45) is 0 Å². The molecular formula is C21H28N2. The van der Waals surface area contributed by atoms with Gasteiger partial charge in [-0.1, -0.05) is 67.1 Å². The summed E-state index contributed by atoms with van der Waals surface area (Å²) in [4.78, 5) is 2.58. The molecule has 2 aromatic rings. The maximum absolute atomic E-state index is 3.68. The molecule has 1 unspecified atom stereocenters. The Balaban J connectivity index is 1.60. The second kappa shape index (κ2) is 8.85. The molecule has 0 aliphatic carbocycles. The molecule has 0 aromatic heterocycles. The summed E-state index contributed by atoms with van der Waals surface area (Å²) in [6, 6.07) is 22.4. The molecule has 1 saturated heterocycles. The molecule has 0 amide bonds. The van der Waals surface area contributed by atoms with E-state index in [9.17, 15) is 0 Å². The lowest BCUT2D eigenvalue weighted by atomic mass is 10.0. The van der Waals surface area contributed by atoms with Crippen LogP contribution in [0.15, 0.2) is 60.7 Å². The zero-order valence-electron chi connectivity index (χ0n) is 14.0. The number of piperidine rings is 1. The zero-order valence-corrected chi connectivity index (χ0v) is 14.0. The highest BCUT2D eigenvalue weighted by atomic mass is 15.1. The Morgan fingerprint density at radius 2 is 1.43 bits per heavy atom. The molecule has 2 aromatic carbocycles. The van der Waals surface area contributed by atoms with Crippen LogP contribution in [0.1, 0.15) is 36.8 Å². The lowest BCUT2D eigenvalue weighted by molar-refractivity contribution is 0.231. The van der Waals surface area contributed by atoms with Crippen LogP contribution in [0.5, 0.6) is 0 Å². The fraction of sp³-hybridized carbons (Fsp3) is 0.429. The largest absolute Gasteiger partial charge is 0.314 e. The van der Waals surface area contributed by atoms with Crippen molar-refractivity contribution >= 4 is 0 Å². The van der Waals surface area contributed by atoms with E-state index in [1.165, 1.54) is 43.4 Å². The van der Waals surface area contributed by atoms with Crippen molar-refractivity contribution in [3.8, 4) is 0 Å². The molecule has 1 heterocycles. The van der Waals surface area contributed by atoms with Gasteiger partial charge in [-0.2, -0.15) is 0 Å². The number of benzene rings is 2. The van der Waals surface area contributed by atoms with E-state index in [1.54, 1.807) is 0 Å². The predicted molar refractivity (Wildman–Crippen MR) is 97.3 cm³/mol. The molecule has 1 N–H and O–H groups in total. The van der Waals surface area contributed by atoms with Gasteiger partial charge in [-0.3, -0.25) is 4.90 Å². The number of nitrogens with zero attached hydrogens (tertiary/aromatic N) is 1.